The molecule has 3 heteroatoms. The van der Waals surface area contributed by atoms with Crippen LogP contribution in [0.1, 0.15) is 6.92 Å². The molecule has 0 rings (SSSR count). The monoisotopic (exact) mass is 126 g/mol. The van der Waals surface area contributed by atoms with E-state index >= 15 is 0 Å². The van der Waals surface area contributed by atoms with Gasteiger partial charge in [0.2, 0.25) is 0 Å². The summed E-state index contributed by atoms with van der Waals surface area (Å²) >= 11 is 0. The Bertz CT molecular complexity index is 171. The molecule has 0 atom stereocenters. The molecular formula is C6H6O3. The van der Waals surface area contributed by atoms with Gasteiger partial charge in [-0.1, -0.05) is 0 Å². The summed E-state index contributed by atoms with van der Waals surface area (Å²) in [7, 11) is 0. The first-order chi connectivity index (χ1) is 4.31. The SMILES string of the molecule is CCOC(=O)C=C=C=O. The second-order valence-electron chi connectivity index (χ2n) is 1.14. The van der Waals surface area contributed by atoms with Crippen LogP contribution < -0.4 is 0 Å². The zero-order valence-corrected chi connectivity index (χ0v) is 5.01. The van der Waals surface area contributed by atoms with Gasteiger partial charge in [0.25, 0.3) is 0 Å². The first-order valence-corrected chi connectivity index (χ1v) is 2.44. The summed E-state index contributed by atoms with van der Waals surface area (Å²) in [5.41, 5.74) is 1.93. The molecule has 0 aliphatic heterocycles. The molecule has 0 bridgehead atoms. The number of esters is 1. The lowest BCUT2D eigenvalue weighted by Crippen LogP contribution is -1.97. The molecule has 0 aromatic rings. The third kappa shape index (κ3) is 4.56. The van der Waals surface area contributed by atoms with Crippen molar-refractivity contribution >= 4 is 11.9 Å². The zero-order valence-electron chi connectivity index (χ0n) is 5.01. The molecule has 0 saturated heterocycles. The minimum Gasteiger partial charge on any atom is -0.462 e. The van der Waals surface area contributed by atoms with Crippen LogP contribution in [0, 0.1) is 0 Å². The van der Waals surface area contributed by atoms with Gasteiger partial charge < -0.3 is 4.74 Å². The van der Waals surface area contributed by atoms with Crippen LogP contribution in [-0.2, 0) is 14.3 Å². The van der Waals surface area contributed by atoms with E-state index in [1.54, 1.807) is 6.92 Å². The molecule has 0 radical (unpaired) electrons. The molecule has 0 unspecified atom stereocenters. The molecule has 0 amide bonds. The third-order valence-corrected chi connectivity index (χ3v) is 0.536. The molecule has 0 aromatic carbocycles. The largest absolute Gasteiger partial charge is 0.462 e. The predicted molar refractivity (Wildman–Crippen MR) is 30.4 cm³/mol. The highest BCUT2D eigenvalue weighted by Crippen LogP contribution is 1.75. The van der Waals surface area contributed by atoms with Gasteiger partial charge in [0, 0.05) is 0 Å². The van der Waals surface area contributed by atoms with Crippen molar-refractivity contribution in [3.63, 3.8) is 0 Å². The average molecular weight is 126 g/mol. The summed E-state index contributed by atoms with van der Waals surface area (Å²) in [5.74, 6) is 0.732. The Hall–Kier alpha value is -1.30. The molecule has 9 heavy (non-hydrogen) atoms. The average Bonchev–Trinajstić information content (AvgIpc) is 1.85. The van der Waals surface area contributed by atoms with Crippen molar-refractivity contribution in [3.8, 4) is 0 Å². The Morgan fingerprint density at radius 2 is 2.44 bits per heavy atom. The van der Waals surface area contributed by atoms with Crippen LogP contribution in [0.25, 0.3) is 0 Å². The van der Waals surface area contributed by atoms with E-state index in [4.69, 9.17) is 0 Å². The highest BCUT2D eigenvalue weighted by Gasteiger charge is 1.89. The number of rotatable bonds is 2. The molecule has 0 saturated carbocycles. The van der Waals surface area contributed by atoms with Crippen LogP contribution in [0.4, 0.5) is 0 Å². The van der Waals surface area contributed by atoms with Crippen LogP contribution in [-0.4, -0.2) is 18.5 Å². The van der Waals surface area contributed by atoms with Crippen LogP contribution >= 0.6 is 0 Å². The van der Waals surface area contributed by atoms with E-state index in [1.165, 1.54) is 5.94 Å². The van der Waals surface area contributed by atoms with Crippen LogP contribution in [0.5, 0.6) is 0 Å². The molecule has 48 valence electrons. The number of hydrogen-bond donors (Lipinski definition) is 0. The van der Waals surface area contributed by atoms with Crippen molar-refractivity contribution in [1.82, 2.24) is 0 Å². The minimum atomic E-state index is -0.569. The maximum absolute atomic E-state index is 10.3. The van der Waals surface area contributed by atoms with E-state index in [0.717, 1.165) is 6.08 Å². The predicted octanol–water partition coefficient (Wildman–Crippen LogP) is 0.0924. The smallest absolute Gasteiger partial charge is 0.339 e. The van der Waals surface area contributed by atoms with Crippen molar-refractivity contribution < 1.29 is 14.3 Å². The molecule has 0 aliphatic carbocycles. The van der Waals surface area contributed by atoms with Gasteiger partial charge in [-0.2, -0.15) is 0 Å². The topological polar surface area (TPSA) is 43.4 Å². The van der Waals surface area contributed by atoms with Crippen molar-refractivity contribution in [2.45, 2.75) is 6.92 Å². The summed E-state index contributed by atoms with van der Waals surface area (Å²) in [6.45, 7) is 1.98. The number of hydrogen-bond acceptors (Lipinski definition) is 3. The van der Waals surface area contributed by atoms with Gasteiger partial charge in [0.05, 0.1) is 12.7 Å². The summed E-state index contributed by atoms with van der Waals surface area (Å²) in [4.78, 5) is 19.7. The summed E-state index contributed by atoms with van der Waals surface area (Å²) in [6.07, 6.45) is 0.899. The Balaban J connectivity index is 3.77. The fourth-order valence-electron chi connectivity index (χ4n) is 0.272. The van der Waals surface area contributed by atoms with Gasteiger partial charge in [-0.25, -0.2) is 9.59 Å². The second-order valence-corrected chi connectivity index (χ2v) is 1.14. The maximum atomic E-state index is 10.3. The van der Waals surface area contributed by atoms with E-state index in [9.17, 15) is 9.59 Å². The lowest BCUT2D eigenvalue weighted by Gasteiger charge is -1.90. The van der Waals surface area contributed by atoms with Gasteiger partial charge in [0.1, 0.15) is 0 Å². The van der Waals surface area contributed by atoms with Crippen LogP contribution in [0.15, 0.2) is 11.8 Å². The van der Waals surface area contributed by atoms with Crippen molar-refractivity contribution in [3.05, 3.63) is 11.8 Å². The fourth-order valence-corrected chi connectivity index (χ4v) is 0.272. The van der Waals surface area contributed by atoms with Gasteiger partial charge in [-0.3, -0.25) is 0 Å². The molecule has 0 N–H and O–H groups in total. The van der Waals surface area contributed by atoms with E-state index in [1.807, 2.05) is 5.73 Å². The number of ether oxygens (including phenoxy) is 1. The van der Waals surface area contributed by atoms with Crippen LogP contribution in [0.2, 0.25) is 0 Å². The third-order valence-electron chi connectivity index (χ3n) is 0.536. The number of carbonyl (C=O) groups excluding carboxylic acids is 2. The van der Waals surface area contributed by atoms with Crippen molar-refractivity contribution in [1.29, 1.82) is 0 Å². The van der Waals surface area contributed by atoms with Gasteiger partial charge in [-0.05, 0) is 12.7 Å². The Labute approximate surface area is 52.6 Å². The number of carbonyl (C=O) groups is 1. The molecule has 0 aromatic heterocycles. The molecule has 0 heterocycles. The summed E-state index contributed by atoms with van der Waals surface area (Å²) in [6, 6.07) is 0. The molecule has 0 fully saturated rings. The van der Waals surface area contributed by atoms with E-state index in [2.05, 4.69) is 4.74 Å². The van der Waals surface area contributed by atoms with E-state index in [-0.39, 0.29) is 0 Å². The fraction of sp³-hybridized carbons (Fsp3) is 0.333. The van der Waals surface area contributed by atoms with Crippen molar-refractivity contribution in [2.75, 3.05) is 6.61 Å². The highest BCUT2D eigenvalue weighted by atomic mass is 16.5. The first kappa shape index (κ1) is 7.70. The lowest BCUT2D eigenvalue weighted by molar-refractivity contribution is -0.137. The standard InChI is InChI=1S/C6H6O3/c1-2-9-6(8)4-3-5-7/h4H,2H2,1H3. The van der Waals surface area contributed by atoms with E-state index < -0.39 is 5.97 Å². The Morgan fingerprint density at radius 1 is 1.78 bits per heavy atom. The van der Waals surface area contributed by atoms with Gasteiger partial charge >= 0.3 is 5.97 Å². The second kappa shape index (κ2) is 4.85. The first-order valence-electron chi connectivity index (χ1n) is 2.44. The molecular weight excluding hydrogens is 120 g/mol. The van der Waals surface area contributed by atoms with Crippen LogP contribution in [0.3, 0.4) is 0 Å². The van der Waals surface area contributed by atoms with E-state index in [0.29, 0.717) is 6.61 Å². The summed E-state index contributed by atoms with van der Waals surface area (Å²) in [5, 5.41) is 0. The Morgan fingerprint density at radius 3 is 2.89 bits per heavy atom. The van der Waals surface area contributed by atoms with Crippen molar-refractivity contribution in [2.24, 2.45) is 0 Å². The summed E-state index contributed by atoms with van der Waals surface area (Å²) < 4.78 is 4.41. The normalized spacial score (nSPS) is 6.78. The maximum Gasteiger partial charge on any atom is 0.339 e. The van der Waals surface area contributed by atoms with Gasteiger partial charge in [-0.15, -0.1) is 0 Å². The quantitative estimate of drug-likeness (QED) is 0.228. The lowest BCUT2D eigenvalue weighted by atomic mass is 10.6. The molecule has 3 nitrogen and oxygen atoms in total. The molecule has 0 spiro atoms. The highest BCUT2D eigenvalue weighted by molar-refractivity contribution is 5.82. The Kier molecular flexibility index (Phi) is 4.15. The minimum absolute atomic E-state index is 0.301. The zero-order chi connectivity index (χ0) is 7.11. The molecule has 0 aliphatic rings. The van der Waals surface area contributed by atoms with Gasteiger partial charge in [0.15, 0.2) is 5.94 Å².